The Labute approximate surface area is 89.0 Å². The molecule has 0 fully saturated rings. The third-order valence-corrected chi connectivity index (χ3v) is 2.71. The summed E-state index contributed by atoms with van der Waals surface area (Å²) < 4.78 is 0. The quantitative estimate of drug-likeness (QED) is 0.614. The molecule has 84 valence electrons. The van der Waals surface area contributed by atoms with Crippen LogP contribution in [0.2, 0.25) is 0 Å². The minimum atomic E-state index is -0.435. The highest BCUT2D eigenvalue weighted by molar-refractivity contribution is 5.50. The zero-order chi connectivity index (χ0) is 11.6. The van der Waals surface area contributed by atoms with Crippen molar-refractivity contribution in [1.29, 1.82) is 0 Å². The van der Waals surface area contributed by atoms with Crippen molar-refractivity contribution in [3.8, 4) is 17.2 Å². The van der Waals surface area contributed by atoms with E-state index in [9.17, 15) is 10.2 Å². The van der Waals surface area contributed by atoms with Gasteiger partial charge in [0, 0.05) is 18.2 Å². The average Bonchev–Trinajstić information content (AvgIpc) is 2.14. The normalized spacial score (nSPS) is 14.9. The average molecular weight is 211 g/mol. The van der Waals surface area contributed by atoms with Gasteiger partial charge < -0.3 is 21.1 Å². The van der Waals surface area contributed by atoms with Crippen LogP contribution in [0.1, 0.15) is 31.9 Å². The lowest BCUT2D eigenvalue weighted by atomic mass is 9.92. The smallest absolute Gasteiger partial charge is 0.127 e. The van der Waals surface area contributed by atoms with Crippen molar-refractivity contribution >= 4 is 0 Å². The Kier molecular flexibility index (Phi) is 3.42. The van der Waals surface area contributed by atoms with Gasteiger partial charge in [-0.2, -0.15) is 0 Å². The Hall–Kier alpha value is -1.42. The molecule has 0 spiro atoms. The Bertz CT molecular complexity index is 329. The largest absolute Gasteiger partial charge is 0.508 e. The summed E-state index contributed by atoms with van der Waals surface area (Å²) in [5.41, 5.74) is 6.19. The minimum absolute atomic E-state index is 0.145. The molecule has 1 unspecified atom stereocenters. The summed E-state index contributed by atoms with van der Waals surface area (Å²) >= 11 is 0. The summed E-state index contributed by atoms with van der Waals surface area (Å²) in [7, 11) is 0. The van der Waals surface area contributed by atoms with Crippen LogP contribution in [0.4, 0.5) is 0 Å². The van der Waals surface area contributed by atoms with Gasteiger partial charge in [-0.25, -0.2) is 0 Å². The van der Waals surface area contributed by atoms with Crippen molar-refractivity contribution in [1.82, 2.24) is 0 Å². The van der Waals surface area contributed by atoms with Gasteiger partial charge in [0.15, 0.2) is 0 Å². The first-order valence-electron chi connectivity index (χ1n) is 4.97. The highest BCUT2D eigenvalue weighted by Gasteiger charge is 2.21. The van der Waals surface area contributed by atoms with Crippen LogP contribution in [0.15, 0.2) is 12.1 Å². The first kappa shape index (κ1) is 11.7. The Morgan fingerprint density at radius 1 is 1.20 bits per heavy atom. The molecule has 0 saturated carbocycles. The predicted molar refractivity (Wildman–Crippen MR) is 57.8 cm³/mol. The molecule has 0 aromatic heterocycles. The molecule has 0 amide bonds. The van der Waals surface area contributed by atoms with E-state index in [4.69, 9.17) is 10.8 Å². The number of benzene rings is 1. The van der Waals surface area contributed by atoms with Gasteiger partial charge in [0.1, 0.15) is 17.2 Å². The standard InChI is InChI=1S/C11H17NO3/c1-3-6(2)11(12)10-8(14)4-7(13)5-9(10)15/h4-6,11,13-15H,3,12H2,1-2H3/t6?,11-/m0/s1. The van der Waals surface area contributed by atoms with Gasteiger partial charge in [0.05, 0.1) is 5.56 Å². The number of nitrogens with two attached hydrogens (primary N) is 1. The van der Waals surface area contributed by atoms with Crippen LogP contribution in [-0.2, 0) is 0 Å². The van der Waals surface area contributed by atoms with Crippen LogP contribution in [0.5, 0.6) is 17.2 Å². The maximum Gasteiger partial charge on any atom is 0.127 e. The zero-order valence-electron chi connectivity index (χ0n) is 8.94. The topological polar surface area (TPSA) is 86.7 Å². The second kappa shape index (κ2) is 4.40. The molecule has 1 aromatic rings. The monoisotopic (exact) mass is 211 g/mol. The zero-order valence-corrected chi connectivity index (χ0v) is 8.94. The molecule has 0 radical (unpaired) electrons. The number of hydrogen-bond acceptors (Lipinski definition) is 4. The predicted octanol–water partition coefficient (Wildman–Crippen LogP) is 1.85. The maximum absolute atomic E-state index is 9.59. The van der Waals surface area contributed by atoms with E-state index < -0.39 is 6.04 Å². The molecule has 4 heteroatoms. The summed E-state index contributed by atoms with van der Waals surface area (Å²) in [5.74, 6) is -0.364. The number of rotatable bonds is 3. The number of phenols is 3. The number of hydrogen-bond donors (Lipinski definition) is 4. The molecule has 0 bridgehead atoms. The summed E-state index contributed by atoms with van der Waals surface area (Å²) in [5, 5.41) is 28.3. The fourth-order valence-corrected chi connectivity index (χ4v) is 1.49. The first-order valence-corrected chi connectivity index (χ1v) is 4.97. The Morgan fingerprint density at radius 3 is 2.07 bits per heavy atom. The van der Waals surface area contributed by atoms with E-state index in [0.717, 1.165) is 6.42 Å². The van der Waals surface area contributed by atoms with E-state index in [2.05, 4.69) is 0 Å². The number of phenolic OH excluding ortho intramolecular Hbond substituents is 3. The second-order valence-corrected chi connectivity index (χ2v) is 3.81. The lowest BCUT2D eigenvalue weighted by Gasteiger charge is -2.20. The van der Waals surface area contributed by atoms with Gasteiger partial charge in [0.2, 0.25) is 0 Å². The van der Waals surface area contributed by atoms with Crippen LogP contribution < -0.4 is 5.73 Å². The lowest BCUT2D eigenvalue weighted by molar-refractivity contribution is 0.383. The molecule has 15 heavy (non-hydrogen) atoms. The minimum Gasteiger partial charge on any atom is -0.508 e. The molecule has 4 nitrogen and oxygen atoms in total. The molecule has 0 heterocycles. The van der Waals surface area contributed by atoms with Crippen molar-refractivity contribution < 1.29 is 15.3 Å². The molecule has 2 atom stereocenters. The number of aromatic hydroxyl groups is 3. The molecule has 1 rings (SSSR count). The van der Waals surface area contributed by atoms with E-state index in [1.165, 1.54) is 12.1 Å². The highest BCUT2D eigenvalue weighted by Crippen LogP contribution is 2.38. The lowest BCUT2D eigenvalue weighted by Crippen LogP contribution is -2.18. The van der Waals surface area contributed by atoms with Crippen LogP contribution in [0.3, 0.4) is 0 Å². The van der Waals surface area contributed by atoms with E-state index in [1.807, 2.05) is 13.8 Å². The summed E-state index contributed by atoms with van der Waals surface area (Å²) in [6, 6.07) is 1.92. The van der Waals surface area contributed by atoms with Crippen LogP contribution in [0.25, 0.3) is 0 Å². The van der Waals surface area contributed by atoms with Gasteiger partial charge in [-0.15, -0.1) is 0 Å². The van der Waals surface area contributed by atoms with Crippen molar-refractivity contribution in [3.05, 3.63) is 17.7 Å². The fraction of sp³-hybridized carbons (Fsp3) is 0.455. The first-order chi connectivity index (χ1) is 6.97. The van der Waals surface area contributed by atoms with Crippen LogP contribution in [0, 0.1) is 5.92 Å². The van der Waals surface area contributed by atoms with Gasteiger partial charge >= 0.3 is 0 Å². The van der Waals surface area contributed by atoms with Gasteiger partial charge in [-0.05, 0) is 5.92 Å². The third kappa shape index (κ3) is 2.33. The second-order valence-electron chi connectivity index (χ2n) is 3.81. The van der Waals surface area contributed by atoms with E-state index in [1.54, 1.807) is 0 Å². The van der Waals surface area contributed by atoms with Crippen molar-refractivity contribution in [2.75, 3.05) is 0 Å². The molecular weight excluding hydrogens is 194 g/mol. The molecule has 0 aliphatic rings. The summed E-state index contributed by atoms with van der Waals surface area (Å²) in [6.07, 6.45) is 0.848. The van der Waals surface area contributed by atoms with Crippen molar-refractivity contribution in [2.24, 2.45) is 11.7 Å². The maximum atomic E-state index is 9.59. The highest BCUT2D eigenvalue weighted by atomic mass is 16.3. The van der Waals surface area contributed by atoms with Gasteiger partial charge in [-0.3, -0.25) is 0 Å². The molecule has 0 aliphatic heterocycles. The third-order valence-electron chi connectivity index (χ3n) is 2.71. The van der Waals surface area contributed by atoms with Crippen LogP contribution >= 0.6 is 0 Å². The Morgan fingerprint density at radius 2 is 1.67 bits per heavy atom. The molecule has 5 N–H and O–H groups in total. The molecule has 0 saturated heterocycles. The van der Waals surface area contributed by atoms with Crippen molar-refractivity contribution in [3.63, 3.8) is 0 Å². The van der Waals surface area contributed by atoms with Gasteiger partial charge in [0.25, 0.3) is 0 Å². The van der Waals surface area contributed by atoms with E-state index in [0.29, 0.717) is 5.56 Å². The van der Waals surface area contributed by atoms with E-state index >= 15 is 0 Å². The van der Waals surface area contributed by atoms with Crippen molar-refractivity contribution in [2.45, 2.75) is 26.3 Å². The summed E-state index contributed by atoms with van der Waals surface area (Å²) in [4.78, 5) is 0. The van der Waals surface area contributed by atoms with E-state index in [-0.39, 0.29) is 23.2 Å². The fourth-order valence-electron chi connectivity index (χ4n) is 1.49. The Balaban J connectivity index is 3.13. The molecular formula is C11H17NO3. The summed E-state index contributed by atoms with van der Waals surface area (Å²) in [6.45, 7) is 3.93. The molecule has 0 aliphatic carbocycles. The molecule has 1 aromatic carbocycles. The van der Waals surface area contributed by atoms with Gasteiger partial charge in [-0.1, -0.05) is 20.3 Å². The van der Waals surface area contributed by atoms with Crippen LogP contribution in [-0.4, -0.2) is 15.3 Å². The SMILES string of the molecule is CCC(C)[C@H](N)c1c(O)cc(O)cc1O.